The summed E-state index contributed by atoms with van der Waals surface area (Å²) in [6.07, 6.45) is 0. The van der Waals surface area contributed by atoms with E-state index < -0.39 is 5.97 Å². The number of rotatable bonds is 4. The summed E-state index contributed by atoms with van der Waals surface area (Å²) >= 11 is 1.09. The first-order chi connectivity index (χ1) is 9.09. The van der Waals surface area contributed by atoms with E-state index >= 15 is 0 Å². The lowest BCUT2D eigenvalue weighted by Gasteiger charge is -2.12. The van der Waals surface area contributed by atoms with Crippen LogP contribution in [0.3, 0.4) is 0 Å². The number of aromatic carboxylic acids is 1. The molecule has 0 saturated heterocycles. The van der Waals surface area contributed by atoms with Gasteiger partial charge in [0.15, 0.2) is 0 Å². The van der Waals surface area contributed by atoms with Crippen molar-refractivity contribution in [3.63, 3.8) is 0 Å². The normalized spacial score (nSPS) is 11.8. The standard InChI is InChI=1S/C14H13NO3S/c1-9(10-5-3-2-4-6-10)13(16)15-11-7-8-19-12(11)14(17)18/h2-9H,1H3,(H,15,16)(H,17,18). The van der Waals surface area contributed by atoms with Crippen LogP contribution in [-0.4, -0.2) is 17.0 Å². The Morgan fingerprint density at radius 3 is 2.53 bits per heavy atom. The van der Waals surface area contributed by atoms with Crippen LogP contribution in [0.1, 0.15) is 28.1 Å². The summed E-state index contributed by atoms with van der Waals surface area (Å²) in [7, 11) is 0. The van der Waals surface area contributed by atoms with Gasteiger partial charge >= 0.3 is 5.97 Å². The quantitative estimate of drug-likeness (QED) is 0.900. The Morgan fingerprint density at radius 1 is 1.21 bits per heavy atom. The number of carboxylic acids is 1. The Hall–Kier alpha value is -2.14. The van der Waals surface area contributed by atoms with Gasteiger partial charge in [0.1, 0.15) is 4.88 Å². The highest BCUT2D eigenvalue weighted by Crippen LogP contribution is 2.24. The number of carbonyl (C=O) groups is 2. The van der Waals surface area contributed by atoms with Gasteiger partial charge in [0, 0.05) is 0 Å². The fourth-order valence-corrected chi connectivity index (χ4v) is 2.39. The molecule has 1 aromatic carbocycles. The van der Waals surface area contributed by atoms with Crippen molar-refractivity contribution in [1.29, 1.82) is 0 Å². The van der Waals surface area contributed by atoms with E-state index in [4.69, 9.17) is 5.11 Å². The van der Waals surface area contributed by atoms with Crippen LogP contribution in [0.2, 0.25) is 0 Å². The summed E-state index contributed by atoms with van der Waals surface area (Å²) in [5, 5.41) is 13.3. The third-order valence-corrected chi connectivity index (χ3v) is 3.71. The highest BCUT2D eigenvalue weighted by molar-refractivity contribution is 7.12. The van der Waals surface area contributed by atoms with Crippen molar-refractivity contribution in [3.8, 4) is 0 Å². The van der Waals surface area contributed by atoms with Crippen molar-refractivity contribution in [2.75, 3.05) is 5.32 Å². The molecule has 0 aliphatic heterocycles. The van der Waals surface area contributed by atoms with Gasteiger partial charge in [0.25, 0.3) is 0 Å². The Bertz CT molecular complexity index is 592. The molecule has 1 amide bonds. The molecule has 0 radical (unpaired) electrons. The van der Waals surface area contributed by atoms with Crippen LogP contribution in [0.25, 0.3) is 0 Å². The Kier molecular flexibility index (Phi) is 3.97. The Morgan fingerprint density at radius 2 is 1.89 bits per heavy atom. The predicted octanol–water partition coefficient (Wildman–Crippen LogP) is 3.19. The molecule has 5 heteroatoms. The molecule has 1 heterocycles. The Labute approximate surface area is 114 Å². The van der Waals surface area contributed by atoms with Crippen LogP contribution in [0.5, 0.6) is 0 Å². The van der Waals surface area contributed by atoms with Crippen LogP contribution in [0, 0.1) is 0 Å². The fourth-order valence-electron chi connectivity index (χ4n) is 1.71. The summed E-state index contributed by atoms with van der Waals surface area (Å²) in [4.78, 5) is 23.2. The molecule has 1 unspecified atom stereocenters. The highest BCUT2D eigenvalue weighted by Gasteiger charge is 2.18. The van der Waals surface area contributed by atoms with Crippen molar-refractivity contribution in [2.45, 2.75) is 12.8 Å². The molecule has 0 bridgehead atoms. The molecule has 0 aliphatic rings. The fraction of sp³-hybridized carbons (Fsp3) is 0.143. The number of nitrogens with one attached hydrogen (secondary N) is 1. The molecule has 19 heavy (non-hydrogen) atoms. The maximum absolute atomic E-state index is 12.1. The van der Waals surface area contributed by atoms with Gasteiger partial charge in [0.2, 0.25) is 5.91 Å². The van der Waals surface area contributed by atoms with E-state index in [2.05, 4.69) is 5.32 Å². The molecule has 2 N–H and O–H groups in total. The first-order valence-electron chi connectivity index (χ1n) is 5.76. The highest BCUT2D eigenvalue weighted by atomic mass is 32.1. The lowest BCUT2D eigenvalue weighted by atomic mass is 10.0. The second kappa shape index (κ2) is 5.67. The first kappa shape index (κ1) is 13.3. The molecule has 2 rings (SSSR count). The number of benzene rings is 1. The van der Waals surface area contributed by atoms with E-state index in [0.29, 0.717) is 5.69 Å². The monoisotopic (exact) mass is 275 g/mol. The topological polar surface area (TPSA) is 66.4 Å². The van der Waals surface area contributed by atoms with Gasteiger partial charge in [-0.25, -0.2) is 4.79 Å². The number of amides is 1. The number of anilines is 1. The third-order valence-electron chi connectivity index (χ3n) is 2.81. The smallest absolute Gasteiger partial charge is 0.348 e. The number of hydrogen-bond donors (Lipinski definition) is 2. The van der Waals surface area contributed by atoms with Crippen molar-refractivity contribution in [3.05, 3.63) is 52.2 Å². The SMILES string of the molecule is CC(C(=O)Nc1ccsc1C(=O)O)c1ccccc1. The second-order valence-electron chi connectivity index (χ2n) is 4.09. The lowest BCUT2D eigenvalue weighted by molar-refractivity contribution is -0.117. The van der Waals surface area contributed by atoms with Crippen LogP contribution >= 0.6 is 11.3 Å². The molecule has 98 valence electrons. The summed E-state index contributed by atoms with van der Waals surface area (Å²) < 4.78 is 0. The summed E-state index contributed by atoms with van der Waals surface area (Å²) in [6.45, 7) is 1.79. The summed E-state index contributed by atoms with van der Waals surface area (Å²) in [5.41, 5.74) is 1.25. The van der Waals surface area contributed by atoms with Crippen LogP contribution in [0.15, 0.2) is 41.8 Å². The van der Waals surface area contributed by atoms with E-state index in [9.17, 15) is 9.59 Å². The molecular formula is C14H13NO3S. The summed E-state index contributed by atoms with van der Waals surface area (Å²) in [5.74, 6) is -1.58. The average Bonchev–Trinajstić information content (AvgIpc) is 2.87. The molecule has 0 fully saturated rings. The van der Waals surface area contributed by atoms with E-state index in [1.165, 1.54) is 0 Å². The molecule has 0 spiro atoms. The van der Waals surface area contributed by atoms with Gasteiger partial charge < -0.3 is 10.4 Å². The molecule has 1 aromatic heterocycles. The molecular weight excluding hydrogens is 262 g/mol. The maximum atomic E-state index is 12.1. The van der Waals surface area contributed by atoms with Crippen molar-refractivity contribution >= 4 is 28.9 Å². The van der Waals surface area contributed by atoms with Gasteiger partial charge in [-0.3, -0.25) is 4.79 Å². The van der Waals surface area contributed by atoms with E-state index in [1.807, 2.05) is 30.3 Å². The molecule has 1 atom stereocenters. The van der Waals surface area contributed by atoms with Gasteiger partial charge in [-0.05, 0) is 23.9 Å². The van der Waals surface area contributed by atoms with Crippen molar-refractivity contribution < 1.29 is 14.7 Å². The molecule has 0 saturated carbocycles. The minimum Gasteiger partial charge on any atom is -0.477 e. The van der Waals surface area contributed by atoms with Gasteiger partial charge in [-0.15, -0.1) is 11.3 Å². The minimum absolute atomic E-state index is 0.147. The molecule has 2 aromatic rings. The maximum Gasteiger partial charge on any atom is 0.348 e. The number of carboxylic acid groups (broad SMARTS) is 1. The Balaban J connectivity index is 2.13. The number of carbonyl (C=O) groups excluding carboxylic acids is 1. The van der Waals surface area contributed by atoms with Crippen LogP contribution < -0.4 is 5.32 Å². The zero-order valence-corrected chi connectivity index (χ0v) is 11.1. The molecule has 0 aliphatic carbocycles. The van der Waals surface area contributed by atoms with Crippen LogP contribution in [0.4, 0.5) is 5.69 Å². The van der Waals surface area contributed by atoms with E-state index in [-0.39, 0.29) is 16.7 Å². The summed E-state index contributed by atoms with van der Waals surface area (Å²) in [6, 6.07) is 11.0. The molecule has 4 nitrogen and oxygen atoms in total. The van der Waals surface area contributed by atoms with Crippen molar-refractivity contribution in [2.24, 2.45) is 0 Å². The minimum atomic E-state index is -1.03. The van der Waals surface area contributed by atoms with Crippen molar-refractivity contribution in [1.82, 2.24) is 0 Å². The number of hydrogen-bond acceptors (Lipinski definition) is 3. The van der Waals surface area contributed by atoms with E-state index in [0.717, 1.165) is 16.9 Å². The predicted molar refractivity (Wildman–Crippen MR) is 74.8 cm³/mol. The zero-order valence-electron chi connectivity index (χ0n) is 10.3. The largest absolute Gasteiger partial charge is 0.477 e. The second-order valence-corrected chi connectivity index (χ2v) is 5.01. The van der Waals surface area contributed by atoms with Gasteiger partial charge in [-0.1, -0.05) is 30.3 Å². The van der Waals surface area contributed by atoms with Crippen LogP contribution in [-0.2, 0) is 4.79 Å². The first-order valence-corrected chi connectivity index (χ1v) is 6.64. The third kappa shape index (κ3) is 3.00. The van der Waals surface area contributed by atoms with Gasteiger partial charge in [-0.2, -0.15) is 0 Å². The lowest BCUT2D eigenvalue weighted by Crippen LogP contribution is -2.19. The van der Waals surface area contributed by atoms with Gasteiger partial charge in [0.05, 0.1) is 11.6 Å². The van der Waals surface area contributed by atoms with E-state index in [1.54, 1.807) is 18.4 Å². The zero-order chi connectivity index (χ0) is 13.8. The average molecular weight is 275 g/mol. The number of thiophene rings is 1.